The van der Waals surface area contributed by atoms with E-state index in [-0.39, 0.29) is 23.4 Å². The van der Waals surface area contributed by atoms with E-state index in [1.54, 1.807) is 6.08 Å². The van der Waals surface area contributed by atoms with Crippen LogP contribution >= 0.6 is 0 Å². The third-order valence-electron chi connectivity index (χ3n) is 5.44. The molecule has 1 heterocycles. The molecule has 6 nitrogen and oxygen atoms in total. The molecule has 0 aromatic heterocycles. The standard InChI is InChI=1S/C18H24O6/c1-8(2)15(20)13-7-11-12-6-10(9(3)19)14(16(11)24-13)18(22-4,23-5)17(12)21/h6-8,11-12,14-16,20H,1-5H3/t11-,12+,14-,15-,16-/m1/s1. The van der Waals surface area contributed by atoms with Crippen LogP contribution < -0.4 is 0 Å². The summed E-state index contributed by atoms with van der Waals surface area (Å²) >= 11 is 0. The van der Waals surface area contributed by atoms with Crippen molar-refractivity contribution in [3.05, 3.63) is 23.5 Å². The predicted octanol–water partition coefficient (Wildman–Crippen LogP) is 1.24. The van der Waals surface area contributed by atoms with E-state index >= 15 is 0 Å². The topological polar surface area (TPSA) is 82.1 Å². The second-order valence-corrected chi connectivity index (χ2v) is 7.04. The lowest BCUT2D eigenvalue weighted by Crippen LogP contribution is -2.66. The van der Waals surface area contributed by atoms with E-state index in [0.717, 1.165) is 0 Å². The number of carbonyl (C=O) groups is 2. The molecule has 4 rings (SSSR count). The summed E-state index contributed by atoms with van der Waals surface area (Å²) in [5.41, 5.74) is 0.498. The van der Waals surface area contributed by atoms with E-state index in [2.05, 4.69) is 0 Å². The minimum absolute atomic E-state index is 0.0143. The van der Waals surface area contributed by atoms with Crippen LogP contribution in [0.1, 0.15) is 20.8 Å². The Kier molecular flexibility index (Phi) is 4.18. The number of ketones is 2. The number of hydrogen-bond acceptors (Lipinski definition) is 6. The fourth-order valence-electron chi connectivity index (χ4n) is 4.17. The van der Waals surface area contributed by atoms with Crippen LogP contribution in [0.4, 0.5) is 0 Å². The van der Waals surface area contributed by atoms with Gasteiger partial charge in [-0.25, -0.2) is 0 Å². The van der Waals surface area contributed by atoms with Gasteiger partial charge in [0.15, 0.2) is 11.6 Å². The highest BCUT2D eigenvalue weighted by atomic mass is 16.7. The van der Waals surface area contributed by atoms with Gasteiger partial charge in [0, 0.05) is 25.7 Å². The quantitative estimate of drug-likeness (QED) is 0.761. The van der Waals surface area contributed by atoms with Gasteiger partial charge < -0.3 is 19.3 Å². The highest BCUT2D eigenvalue weighted by Gasteiger charge is 2.66. The third kappa shape index (κ3) is 2.13. The maximum absolute atomic E-state index is 12.9. The normalized spacial score (nSPS) is 34.5. The number of Topliss-reactive ketones (excluding diaryl/α,β-unsaturated/α-hetero) is 2. The second kappa shape index (κ2) is 5.79. The lowest BCUT2D eigenvalue weighted by atomic mass is 9.59. The lowest BCUT2D eigenvalue weighted by molar-refractivity contribution is -0.256. The molecule has 0 amide bonds. The van der Waals surface area contributed by atoms with E-state index < -0.39 is 29.8 Å². The fraction of sp³-hybridized carbons (Fsp3) is 0.667. The van der Waals surface area contributed by atoms with Gasteiger partial charge in [-0.3, -0.25) is 9.59 Å². The zero-order chi connectivity index (χ0) is 17.8. The molecule has 0 aromatic carbocycles. The van der Waals surface area contributed by atoms with Crippen molar-refractivity contribution in [2.24, 2.45) is 23.7 Å². The number of carbonyl (C=O) groups excluding carboxylic acids is 2. The maximum Gasteiger partial charge on any atom is 0.239 e. The molecule has 0 spiro atoms. The Balaban J connectivity index is 2.06. The SMILES string of the molecule is COC1(OC)C(=O)[C@H]2C=C(C(C)=O)[C@@H]1[C@@H]1OC([C@H](O)C(C)C)=C[C@@H]12. The summed E-state index contributed by atoms with van der Waals surface area (Å²) in [6.07, 6.45) is 2.34. The zero-order valence-electron chi connectivity index (χ0n) is 14.6. The van der Waals surface area contributed by atoms with Crippen LogP contribution in [0.15, 0.2) is 23.5 Å². The largest absolute Gasteiger partial charge is 0.491 e. The number of hydrogen-bond donors (Lipinski definition) is 1. The molecule has 24 heavy (non-hydrogen) atoms. The molecule has 132 valence electrons. The smallest absolute Gasteiger partial charge is 0.239 e. The van der Waals surface area contributed by atoms with Crippen LogP contribution in [0.2, 0.25) is 0 Å². The number of ether oxygens (including phenoxy) is 3. The van der Waals surface area contributed by atoms with Crippen LogP contribution in [0.5, 0.6) is 0 Å². The molecule has 3 aliphatic carbocycles. The van der Waals surface area contributed by atoms with Gasteiger partial charge in [-0.1, -0.05) is 19.9 Å². The van der Waals surface area contributed by atoms with Crippen LogP contribution in [-0.2, 0) is 23.8 Å². The minimum Gasteiger partial charge on any atom is -0.491 e. The van der Waals surface area contributed by atoms with E-state index in [4.69, 9.17) is 14.2 Å². The Hall–Kier alpha value is -1.50. The molecule has 0 saturated heterocycles. The Morgan fingerprint density at radius 3 is 2.42 bits per heavy atom. The average Bonchev–Trinajstić information content (AvgIpc) is 3.00. The Morgan fingerprint density at radius 1 is 1.29 bits per heavy atom. The van der Waals surface area contributed by atoms with E-state index in [9.17, 15) is 14.7 Å². The zero-order valence-corrected chi connectivity index (χ0v) is 14.6. The monoisotopic (exact) mass is 336 g/mol. The van der Waals surface area contributed by atoms with Crippen molar-refractivity contribution in [2.45, 2.75) is 38.8 Å². The van der Waals surface area contributed by atoms with Gasteiger partial charge in [-0.05, 0) is 18.9 Å². The molecular weight excluding hydrogens is 312 g/mol. The number of rotatable bonds is 5. The van der Waals surface area contributed by atoms with Crippen molar-refractivity contribution in [2.75, 3.05) is 14.2 Å². The predicted molar refractivity (Wildman–Crippen MR) is 84.8 cm³/mol. The molecule has 1 saturated carbocycles. The van der Waals surface area contributed by atoms with E-state index in [1.165, 1.54) is 21.1 Å². The molecule has 4 aliphatic rings. The molecule has 6 heteroatoms. The van der Waals surface area contributed by atoms with Gasteiger partial charge in [0.1, 0.15) is 18.0 Å². The minimum atomic E-state index is -1.52. The molecule has 2 bridgehead atoms. The van der Waals surface area contributed by atoms with Crippen LogP contribution in [0.3, 0.4) is 0 Å². The number of fused-ring (bicyclic) bond motifs is 1. The lowest BCUT2D eigenvalue weighted by Gasteiger charge is -2.51. The first kappa shape index (κ1) is 17.3. The van der Waals surface area contributed by atoms with E-state index in [0.29, 0.717) is 11.3 Å². The van der Waals surface area contributed by atoms with Crippen molar-refractivity contribution in [3.63, 3.8) is 0 Å². The number of methoxy groups -OCH3 is 2. The highest BCUT2D eigenvalue weighted by Crippen LogP contribution is 2.54. The van der Waals surface area contributed by atoms with Gasteiger partial charge in [-0.15, -0.1) is 0 Å². The van der Waals surface area contributed by atoms with Crippen molar-refractivity contribution >= 4 is 11.6 Å². The van der Waals surface area contributed by atoms with Crippen molar-refractivity contribution in [1.29, 1.82) is 0 Å². The molecule has 1 N–H and O–H groups in total. The fourth-order valence-corrected chi connectivity index (χ4v) is 4.17. The summed E-state index contributed by atoms with van der Waals surface area (Å²) < 4.78 is 17.0. The van der Waals surface area contributed by atoms with Gasteiger partial charge in [0.05, 0.1) is 11.8 Å². The number of aliphatic hydroxyl groups is 1. The summed E-state index contributed by atoms with van der Waals surface area (Å²) in [6.45, 7) is 5.25. The summed E-state index contributed by atoms with van der Waals surface area (Å²) in [6, 6.07) is 0. The third-order valence-corrected chi connectivity index (χ3v) is 5.44. The molecule has 0 unspecified atom stereocenters. The Bertz CT molecular complexity index is 627. The molecule has 0 aromatic rings. The summed E-state index contributed by atoms with van der Waals surface area (Å²) in [7, 11) is 2.81. The Labute approximate surface area is 141 Å². The number of allylic oxidation sites excluding steroid dienone is 1. The first-order valence-corrected chi connectivity index (χ1v) is 8.22. The molecular formula is C18H24O6. The van der Waals surface area contributed by atoms with Gasteiger partial charge in [0.2, 0.25) is 5.79 Å². The van der Waals surface area contributed by atoms with Crippen LogP contribution in [0.25, 0.3) is 0 Å². The second-order valence-electron chi connectivity index (χ2n) is 7.04. The summed E-state index contributed by atoms with van der Waals surface area (Å²) in [5, 5.41) is 10.3. The number of aliphatic hydroxyl groups excluding tert-OH is 1. The maximum atomic E-state index is 12.9. The molecule has 1 aliphatic heterocycles. The van der Waals surface area contributed by atoms with Crippen molar-refractivity contribution in [3.8, 4) is 0 Å². The summed E-state index contributed by atoms with van der Waals surface area (Å²) in [4.78, 5) is 25.1. The molecule has 1 fully saturated rings. The van der Waals surface area contributed by atoms with Gasteiger partial charge >= 0.3 is 0 Å². The average molecular weight is 336 g/mol. The van der Waals surface area contributed by atoms with Crippen molar-refractivity contribution < 1.29 is 28.9 Å². The van der Waals surface area contributed by atoms with Gasteiger partial charge in [-0.2, -0.15) is 0 Å². The van der Waals surface area contributed by atoms with Gasteiger partial charge in [0.25, 0.3) is 0 Å². The van der Waals surface area contributed by atoms with Crippen molar-refractivity contribution in [1.82, 2.24) is 0 Å². The Morgan fingerprint density at radius 2 is 1.92 bits per heavy atom. The first-order valence-electron chi connectivity index (χ1n) is 8.22. The first-order chi connectivity index (χ1) is 11.3. The summed E-state index contributed by atoms with van der Waals surface area (Å²) in [5.74, 6) is -2.83. The molecule has 5 atom stereocenters. The highest BCUT2D eigenvalue weighted by molar-refractivity contribution is 6.02. The van der Waals surface area contributed by atoms with E-state index in [1.807, 2.05) is 19.9 Å². The van der Waals surface area contributed by atoms with Crippen LogP contribution in [0, 0.1) is 23.7 Å². The molecule has 0 radical (unpaired) electrons. The van der Waals surface area contributed by atoms with Crippen LogP contribution in [-0.4, -0.2) is 48.9 Å².